The first kappa shape index (κ1) is 18.4. The summed E-state index contributed by atoms with van der Waals surface area (Å²) in [4.78, 5) is 28.1. The maximum Gasteiger partial charge on any atom is 0.244 e. The Morgan fingerprint density at radius 3 is 2.29 bits per heavy atom. The zero-order chi connectivity index (χ0) is 17.7. The number of amides is 2. The quantitative estimate of drug-likeness (QED) is 0.814. The van der Waals surface area contributed by atoms with E-state index in [0.717, 1.165) is 30.9 Å². The molecule has 0 atom stereocenters. The van der Waals surface area contributed by atoms with E-state index in [4.69, 9.17) is 0 Å². The van der Waals surface area contributed by atoms with Crippen molar-refractivity contribution < 1.29 is 9.59 Å². The minimum atomic E-state index is 0.0482. The molecule has 1 aliphatic heterocycles. The van der Waals surface area contributed by atoms with Crippen molar-refractivity contribution in [1.82, 2.24) is 24.9 Å². The molecule has 2 rings (SSSR count). The Bertz CT molecular complexity index is 588. The minimum absolute atomic E-state index is 0.0482. The Morgan fingerprint density at radius 1 is 1.08 bits per heavy atom. The Morgan fingerprint density at radius 2 is 1.75 bits per heavy atom. The summed E-state index contributed by atoms with van der Waals surface area (Å²) in [5.41, 5.74) is 3.32. The highest BCUT2D eigenvalue weighted by molar-refractivity contribution is 5.78. The molecule has 0 aliphatic carbocycles. The maximum atomic E-state index is 12.5. The average Bonchev–Trinajstić information content (AvgIpc) is 2.81. The number of rotatable bonds is 6. The number of carbonyl (C=O) groups excluding carboxylic acids is 2. The molecule has 1 aliphatic rings. The Hall–Kier alpha value is -1.89. The highest BCUT2D eigenvalue weighted by Crippen LogP contribution is 2.14. The van der Waals surface area contributed by atoms with Gasteiger partial charge in [0.1, 0.15) is 6.54 Å². The Labute approximate surface area is 144 Å². The van der Waals surface area contributed by atoms with Crippen LogP contribution in [-0.4, -0.2) is 70.7 Å². The molecular formula is C17H29N5O2. The van der Waals surface area contributed by atoms with Crippen LogP contribution in [0.25, 0.3) is 0 Å². The van der Waals surface area contributed by atoms with Crippen molar-refractivity contribution in [2.45, 2.75) is 40.7 Å². The highest BCUT2D eigenvalue weighted by atomic mass is 16.2. The lowest BCUT2D eigenvalue weighted by molar-refractivity contribution is -0.134. The highest BCUT2D eigenvalue weighted by Gasteiger charge is 2.23. The molecule has 1 aromatic heterocycles. The molecule has 7 heteroatoms. The summed E-state index contributed by atoms with van der Waals surface area (Å²) in [5, 5.41) is 7.30. The summed E-state index contributed by atoms with van der Waals surface area (Å²) < 4.78 is 1.82. The number of hydrogen-bond donors (Lipinski definition) is 1. The van der Waals surface area contributed by atoms with Gasteiger partial charge in [0.15, 0.2) is 0 Å². The zero-order valence-corrected chi connectivity index (χ0v) is 15.3. The average molecular weight is 335 g/mol. The van der Waals surface area contributed by atoms with Crippen LogP contribution in [0.4, 0.5) is 0 Å². The summed E-state index contributed by atoms with van der Waals surface area (Å²) >= 11 is 0. The van der Waals surface area contributed by atoms with Crippen LogP contribution in [0.1, 0.15) is 30.8 Å². The van der Waals surface area contributed by atoms with E-state index in [2.05, 4.69) is 22.2 Å². The molecule has 2 heterocycles. The standard InChI is InChI=1S/C17H29N5O2/c1-5-15-13(3)19-22(14(15)4)12-17(24)21-9-7-20(8-10-21)11-16(23)18-6-2/h5-12H2,1-4H3,(H,18,23). The summed E-state index contributed by atoms with van der Waals surface area (Å²) in [5.74, 6) is 0.146. The van der Waals surface area contributed by atoms with Gasteiger partial charge in [-0.05, 0) is 32.8 Å². The van der Waals surface area contributed by atoms with Crippen LogP contribution >= 0.6 is 0 Å². The van der Waals surface area contributed by atoms with E-state index in [1.807, 2.05) is 30.4 Å². The largest absolute Gasteiger partial charge is 0.355 e. The number of aromatic nitrogens is 2. The number of likely N-dealkylation sites (N-methyl/N-ethyl adjacent to an activating group) is 1. The van der Waals surface area contributed by atoms with Crippen LogP contribution in [0.15, 0.2) is 0 Å². The van der Waals surface area contributed by atoms with Gasteiger partial charge in [0, 0.05) is 38.4 Å². The van der Waals surface area contributed by atoms with Crippen LogP contribution in [-0.2, 0) is 22.6 Å². The Balaban J connectivity index is 1.86. The van der Waals surface area contributed by atoms with Gasteiger partial charge in [0.25, 0.3) is 0 Å². The second kappa shape index (κ2) is 8.28. The molecule has 0 spiro atoms. The molecule has 134 valence electrons. The SMILES string of the molecule is CCNC(=O)CN1CCN(C(=O)Cn2nc(C)c(CC)c2C)CC1. The van der Waals surface area contributed by atoms with Gasteiger partial charge in [-0.1, -0.05) is 6.92 Å². The van der Waals surface area contributed by atoms with Crippen LogP contribution in [0.3, 0.4) is 0 Å². The molecule has 1 aromatic rings. The van der Waals surface area contributed by atoms with Gasteiger partial charge in [-0.15, -0.1) is 0 Å². The molecule has 7 nitrogen and oxygen atoms in total. The van der Waals surface area contributed by atoms with Crippen molar-refractivity contribution in [1.29, 1.82) is 0 Å². The van der Waals surface area contributed by atoms with Crippen LogP contribution in [0, 0.1) is 13.8 Å². The predicted octanol–water partition coefficient (Wildman–Crippen LogP) is 0.343. The second-order valence-electron chi connectivity index (χ2n) is 6.27. The lowest BCUT2D eigenvalue weighted by Gasteiger charge is -2.34. The van der Waals surface area contributed by atoms with Gasteiger partial charge >= 0.3 is 0 Å². The third-order valence-electron chi connectivity index (χ3n) is 4.64. The van der Waals surface area contributed by atoms with Gasteiger partial charge in [0.2, 0.25) is 11.8 Å². The van der Waals surface area contributed by atoms with Crippen molar-refractivity contribution in [2.24, 2.45) is 0 Å². The maximum absolute atomic E-state index is 12.5. The van der Waals surface area contributed by atoms with Gasteiger partial charge in [-0.3, -0.25) is 19.2 Å². The molecule has 0 saturated carbocycles. The first-order chi connectivity index (χ1) is 11.5. The smallest absolute Gasteiger partial charge is 0.244 e. The monoisotopic (exact) mass is 335 g/mol. The zero-order valence-electron chi connectivity index (χ0n) is 15.3. The molecule has 24 heavy (non-hydrogen) atoms. The molecule has 1 saturated heterocycles. The molecule has 1 fully saturated rings. The van der Waals surface area contributed by atoms with Gasteiger partial charge < -0.3 is 10.2 Å². The normalized spacial score (nSPS) is 15.6. The van der Waals surface area contributed by atoms with E-state index in [9.17, 15) is 9.59 Å². The van der Waals surface area contributed by atoms with Crippen molar-refractivity contribution >= 4 is 11.8 Å². The van der Waals surface area contributed by atoms with Gasteiger partial charge in [-0.2, -0.15) is 5.10 Å². The molecule has 2 amide bonds. The van der Waals surface area contributed by atoms with Crippen LogP contribution < -0.4 is 5.32 Å². The third-order valence-corrected chi connectivity index (χ3v) is 4.64. The fourth-order valence-electron chi connectivity index (χ4n) is 3.24. The fraction of sp³-hybridized carbons (Fsp3) is 0.706. The van der Waals surface area contributed by atoms with Gasteiger partial charge in [0.05, 0.1) is 12.2 Å². The van der Waals surface area contributed by atoms with Gasteiger partial charge in [-0.25, -0.2) is 0 Å². The molecular weight excluding hydrogens is 306 g/mol. The summed E-state index contributed by atoms with van der Waals surface area (Å²) in [7, 11) is 0. The molecule has 1 N–H and O–H groups in total. The number of nitrogens with zero attached hydrogens (tertiary/aromatic N) is 4. The molecule has 0 unspecified atom stereocenters. The fourth-order valence-corrected chi connectivity index (χ4v) is 3.24. The van der Waals surface area contributed by atoms with E-state index >= 15 is 0 Å². The summed E-state index contributed by atoms with van der Waals surface area (Å²) in [6.07, 6.45) is 0.935. The number of nitrogens with one attached hydrogen (secondary N) is 1. The third kappa shape index (κ3) is 4.35. The molecule has 0 aromatic carbocycles. The van der Waals surface area contributed by atoms with E-state index < -0.39 is 0 Å². The number of piperazine rings is 1. The van der Waals surface area contributed by atoms with Crippen LogP contribution in [0.5, 0.6) is 0 Å². The molecule has 0 radical (unpaired) electrons. The lowest BCUT2D eigenvalue weighted by Crippen LogP contribution is -2.51. The van der Waals surface area contributed by atoms with Crippen LogP contribution in [0.2, 0.25) is 0 Å². The number of hydrogen-bond acceptors (Lipinski definition) is 4. The molecule has 0 bridgehead atoms. The lowest BCUT2D eigenvalue weighted by atomic mass is 10.1. The second-order valence-corrected chi connectivity index (χ2v) is 6.27. The Kier molecular flexibility index (Phi) is 6.36. The predicted molar refractivity (Wildman–Crippen MR) is 92.8 cm³/mol. The summed E-state index contributed by atoms with van der Waals surface area (Å²) in [6, 6.07) is 0. The first-order valence-corrected chi connectivity index (χ1v) is 8.75. The van der Waals surface area contributed by atoms with Crippen molar-refractivity contribution in [3.8, 4) is 0 Å². The summed E-state index contributed by atoms with van der Waals surface area (Å²) in [6.45, 7) is 12.2. The van der Waals surface area contributed by atoms with Crippen molar-refractivity contribution in [3.63, 3.8) is 0 Å². The topological polar surface area (TPSA) is 70.5 Å². The van der Waals surface area contributed by atoms with E-state index in [1.165, 1.54) is 5.56 Å². The van der Waals surface area contributed by atoms with Crippen molar-refractivity contribution in [3.05, 3.63) is 17.0 Å². The minimum Gasteiger partial charge on any atom is -0.355 e. The number of aryl methyl sites for hydroxylation is 1. The van der Waals surface area contributed by atoms with E-state index in [0.29, 0.717) is 32.7 Å². The van der Waals surface area contributed by atoms with E-state index in [-0.39, 0.29) is 11.8 Å². The number of carbonyl (C=O) groups is 2. The van der Waals surface area contributed by atoms with E-state index in [1.54, 1.807) is 0 Å². The first-order valence-electron chi connectivity index (χ1n) is 8.75. The van der Waals surface area contributed by atoms with Crippen molar-refractivity contribution in [2.75, 3.05) is 39.3 Å².